The summed E-state index contributed by atoms with van der Waals surface area (Å²) in [6, 6.07) is 0. The van der Waals surface area contributed by atoms with E-state index in [1.54, 1.807) is 4.90 Å². The molecule has 0 amide bonds. The Balaban J connectivity index is 1.52. The highest BCUT2D eigenvalue weighted by Crippen LogP contribution is 2.58. The lowest BCUT2D eigenvalue weighted by Crippen LogP contribution is -2.55. The Morgan fingerprint density at radius 1 is 1.32 bits per heavy atom. The first-order valence-corrected chi connectivity index (χ1v) is 12.2. The maximum atomic E-state index is 11.0. The van der Waals surface area contributed by atoms with Gasteiger partial charge in [-0.1, -0.05) is 12.8 Å². The van der Waals surface area contributed by atoms with Crippen LogP contribution < -0.4 is 27.0 Å². The number of rotatable bonds is 8. The van der Waals surface area contributed by atoms with Gasteiger partial charge in [-0.15, -0.1) is 0 Å². The van der Waals surface area contributed by atoms with E-state index in [-0.39, 0.29) is 17.7 Å². The normalized spacial score (nSPS) is 34.5. The number of nitrogens with one attached hydrogen (secondary N) is 2. The molecule has 3 aliphatic rings. The number of halogens is 1. The van der Waals surface area contributed by atoms with Crippen LogP contribution in [0.15, 0.2) is 0 Å². The minimum atomic E-state index is -3.50. The Kier molecular flexibility index (Phi) is 7.07. The van der Waals surface area contributed by atoms with Crippen LogP contribution in [0.4, 0.5) is 17.3 Å². The summed E-state index contributed by atoms with van der Waals surface area (Å²) >= 11 is 6.04. The van der Waals surface area contributed by atoms with Gasteiger partial charge >= 0.3 is 15.4 Å². The molecule has 2 saturated heterocycles. The zero-order valence-electron chi connectivity index (χ0n) is 16.9. The van der Waals surface area contributed by atoms with Crippen molar-refractivity contribution in [3.8, 4) is 0 Å². The molecule has 1 aromatic heterocycles. The summed E-state index contributed by atoms with van der Waals surface area (Å²) in [6.45, 7) is 1.38. The molecule has 31 heavy (non-hydrogen) atoms. The van der Waals surface area contributed by atoms with Crippen molar-refractivity contribution in [2.75, 3.05) is 35.6 Å². The Hall–Kier alpha value is -1.02. The van der Waals surface area contributed by atoms with Gasteiger partial charge in [-0.2, -0.15) is 19.0 Å². The molecule has 0 aromatic carbocycles. The average Bonchev–Trinajstić information content (AvgIpc) is 3.21. The van der Waals surface area contributed by atoms with Crippen molar-refractivity contribution in [1.82, 2.24) is 15.3 Å². The van der Waals surface area contributed by atoms with Gasteiger partial charge in [-0.25, -0.2) is 4.89 Å². The van der Waals surface area contributed by atoms with Crippen molar-refractivity contribution in [3.05, 3.63) is 5.28 Å². The fraction of sp³-hybridized carbons (Fsp3) is 0.750. The van der Waals surface area contributed by atoms with Crippen molar-refractivity contribution in [2.45, 2.75) is 56.5 Å². The molecule has 1 aromatic rings. The van der Waals surface area contributed by atoms with E-state index in [4.69, 9.17) is 44.4 Å². The minimum absolute atomic E-state index is 0.000955. The largest absolute Gasteiger partial charge is 0.488 e. The molecular formula is C16H27BClN7O5P+. The molecule has 170 valence electrons. The standard InChI is InChI=1S/C16H27BClN7O5P/c17-31(27)28-7-8-11(30-31)10(26)14(29-8)25-13-9(12(20)23-15(18)24-13)22-16(25)21-6-4-2-1-3-5-19/h8,10-11,14,16,21-22,26-27H,1-7,19H2,(H2,20,23,24)/q+1/t8?,10?,11-,14?,16?,31?/m1/s1. The van der Waals surface area contributed by atoms with E-state index in [0.29, 0.717) is 24.6 Å². The first-order valence-electron chi connectivity index (χ1n) is 10.2. The molecule has 0 aliphatic carbocycles. The molecule has 5 unspecified atom stereocenters. The van der Waals surface area contributed by atoms with Crippen LogP contribution in [0.3, 0.4) is 0 Å². The number of aliphatic hydroxyl groups is 1. The van der Waals surface area contributed by atoms with Gasteiger partial charge in [0.2, 0.25) is 5.28 Å². The van der Waals surface area contributed by atoms with Crippen molar-refractivity contribution >= 4 is 44.3 Å². The van der Waals surface area contributed by atoms with Gasteiger partial charge in [0, 0.05) is 0 Å². The molecule has 2 fully saturated rings. The SMILES string of the molecule is [B][P+]1(O)OCC2OC(N3c4nc(Cl)nc(N)c4NC3NCCCCCCN)C(O)[C@@H]2O1. The molecule has 4 rings (SSSR count). The Labute approximate surface area is 186 Å². The third-order valence-corrected chi connectivity index (χ3v) is 6.68. The van der Waals surface area contributed by atoms with Crippen LogP contribution in [0.1, 0.15) is 25.7 Å². The first kappa shape index (κ1) is 23.2. The number of nitrogens with two attached hydrogens (primary N) is 2. The Bertz CT molecular complexity index is 799. The van der Waals surface area contributed by atoms with Gasteiger partial charge < -0.3 is 26.6 Å². The van der Waals surface area contributed by atoms with Crippen LogP contribution in [0, 0.1) is 0 Å². The summed E-state index contributed by atoms with van der Waals surface area (Å²) in [5, 5.41) is 17.5. The number of fused-ring (bicyclic) bond motifs is 2. The van der Waals surface area contributed by atoms with Gasteiger partial charge in [-0.05, 0) is 37.5 Å². The lowest BCUT2D eigenvalue weighted by molar-refractivity contribution is -0.0452. The second-order valence-corrected chi connectivity index (χ2v) is 9.61. The molecule has 12 nitrogen and oxygen atoms in total. The topological polar surface area (TPSA) is 173 Å². The smallest absolute Gasteiger partial charge is 0.385 e. The lowest BCUT2D eigenvalue weighted by Gasteiger charge is -2.33. The second-order valence-electron chi connectivity index (χ2n) is 7.67. The number of hydrogen-bond acceptors (Lipinski definition) is 12. The van der Waals surface area contributed by atoms with Crippen LogP contribution in [0.5, 0.6) is 0 Å². The van der Waals surface area contributed by atoms with Gasteiger partial charge in [0.1, 0.15) is 24.5 Å². The molecule has 3 aliphatic heterocycles. The molecule has 0 bridgehead atoms. The van der Waals surface area contributed by atoms with Crippen molar-refractivity contribution < 1.29 is 23.8 Å². The number of unbranched alkanes of at least 4 members (excludes halogenated alkanes) is 3. The van der Waals surface area contributed by atoms with Crippen LogP contribution in [0.2, 0.25) is 5.28 Å². The number of nitrogens with zero attached hydrogens (tertiary/aromatic N) is 3. The molecule has 0 spiro atoms. The van der Waals surface area contributed by atoms with Crippen LogP contribution in [0.25, 0.3) is 0 Å². The van der Waals surface area contributed by atoms with E-state index in [9.17, 15) is 10.00 Å². The first-order chi connectivity index (χ1) is 14.8. The van der Waals surface area contributed by atoms with Gasteiger partial charge in [0.15, 0.2) is 30.3 Å². The van der Waals surface area contributed by atoms with E-state index < -0.39 is 38.7 Å². The highest BCUT2D eigenvalue weighted by Gasteiger charge is 2.59. The van der Waals surface area contributed by atoms with Crippen molar-refractivity contribution in [3.63, 3.8) is 0 Å². The Morgan fingerprint density at radius 3 is 2.87 bits per heavy atom. The summed E-state index contributed by atoms with van der Waals surface area (Å²) in [5.41, 5.74) is 12.1. The van der Waals surface area contributed by atoms with Crippen LogP contribution in [-0.2, 0) is 13.8 Å². The molecule has 4 heterocycles. The van der Waals surface area contributed by atoms with Gasteiger partial charge in [0.25, 0.3) is 0 Å². The fourth-order valence-electron chi connectivity index (χ4n) is 3.97. The number of ether oxygens (including phenoxy) is 1. The highest BCUT2D eigenvalue weighted by molar-refractivity contribution is 7.85. The number of hydrogen-bond donors (Lipinski definition) is 6. The molecule has 6 atom stereocenters. The third kappa shape index (κ3) is 4.85. The number of nitrogen functional groups attached to an aromatic ring is 1. The molecular weight excluding hydrogens is 447 g/mol. The van der Waals surface area contributed by atoms with Crippen LogP contribution >= 0.6 is 19.4 Å². The predicted octanol–water partition coefficient (Wildman–Crippen LogP) is -0.324. The second kappa shape index (κ2) is 9.46. The Morgan fingerprint density at radius 2 is 2.10 bits per heavy atom. The third-order valence-electron chi connectivity index (χ3n) is 5.44. The number of aromatic nitrogens is 2. The zero-order valence-corrected chi connectivity index (χ0v) is 18.5. The molecule has 2 radical (unpaired) electrons. The summed E-state index contributed by atoms with van der Waals surface area (Å²) in [4.78, 5) is 19.9. The maximum Gasteiger partial charge on any atom is 0.488 e. The van der Waals surface area contributed by atoms with E-state index in [2.05, 4.69) is 20.6 Å². The number of anilines is 3. The lowest BCUT2D eigenvalue weighted by atomic mass is 10.1. The van der Waals surface area contributed by atoms with Gasteiger partial charge in [-0.3, -0.25) is 10.2 Å². The summed E-state index contributed by atoms with van der Waals surface area (Å²) in [6.07, 6.45) is 0.0481. The predicted molar refractivity (Wildman–Crippen MR) is 117 cm³/mol. The molecule has 8 N–H and O–H groups in total. The minimum Gasteiger partial charge on any atom is -0.385 e. The van der Waals surface area contributed by atoms with E-state index in [0.717, 1.165) is 25.7 Å². The summed E-state index contributed by atoms with van der Waals surface area (Å²) in [5.74, 6) is 0.568. The van der Waals surface area contributed by atoms with E-state index in [1.807, 2.05) is 0 Å². The fourth-order valence-corrected chi connectivity index (χ4v) is 5.17. The quantitative estimate of drug-likeness (QED) is 0.126. The van der Waals surface area contributed by atoms with E-state index >= 15 is 0 Å². The monoisotopic (exact) mass is 474 g/mol. The van der Waals surface area contributed by atoms with Gasteiger partial charge in [0.05, 0.1) is 0 Å². The maximum absolute atomic E-state index is 11.0. The van der Waals surface area contributed by atoms with Crippen molar-refractivity contribution in [1.29, 1.82) is 0 Å². The zero-order chi connectivity index (χ0) is 22.2. The van der Waals surface area contributed by atoms with Crippen molar-refractivity contribution in [2.24, 2.45) is 5.73 Å². The summed E-state index contributed by atoms with van der Waals surface area (Å²) in [7, 11) is 2.11. The molecule has 0 saturated carbocycles. The summed E-state index contributed by atoms with van der Waals surface area (Å²) < 4.78 is 16.6. The number of aliphatic hydroxyl groups excluding tert-OH is 1. The highest BCUT2D eigenvalue weighted by atomic mass is 35.5. The molecule has 15 heteroatoms. The van der Waals surface area contributed by atoms with E-state index in [1.165, 1.54) is 0 Å². The average molecular weight is 475 g/mol. The van der Waals surface area contributed by atoms with Crippen LogP contribution in [-0.4, -0.2) is 78.1 Å².